The van der Waals surface area contributed by atoms with E-state index in [9.17, 15) is 4.79 Å². The van der Waals surface area contributed by atoms with Crippen molar-refractivity contribution in [2.24, 2.45) is 0 Å². The van der Waals surface area contributed by atoms with E-state index in [0.717, 1.165) is 17.1 Å². The normalized spacial score (nSPS) is 11.7. The van der Waals surface area contributed by atoms with Gasteiger partial charge in [0.1, 0.15) is 0 Å². The van der Waals surface area contributed by atoms with Crippen molar-refractivity contribution < 1.29 is 0 Å². The summed E-state index contributed by atoms with van der Waals surface area (Å²) in [4.78, 5) is 21.2. The zero-order chi connectivity index (χ0) is 16.4. The molecule has 0 fully saturated rings. The van der Waals surface area contributed by atoms with Crippen molar-refractivity contribution in [1.29, 1.82) is 0 Å². The van der Waals surface area contributed by atoms with Crippen LogP contribution in [0.15, 0.2) is 41.2 Å². The highest BCUT2D eigenvalue weighted by Gasteiger charge is 2.08. The SMILES string of the molecule is C=c1[nH]n(-c2nc(C)cc(C)n2)c(=O)/c1=C\Nc1ccccc1. The quantitative estimate of drug-likeness (QED) is 0.751. The van der Waals surface area contributed by atoms with Crippen molar-refractivity contribution >= 4 is 18.5 Å². The number of benzene rings is 1. The number of aryl methyl sites for hydroxylation is 2. The van der Waals surface area contributed by atoms with E-state index in [1.807, 2.05) is 50.2 Å². The topological polar surface area (TPSA) is 75.6 Å². The van der Waals surface area contributed by atoms with Crippen LogP contribution in [0.3, 0.4) is 0 Å². The molecule has 3 aromatic rings. The minimum Gasteiger partial charge on any atom is -0.361 e. The van der Waals surface area contributed by atoms with Gasteiger partial charge < -0.3 is 5.32 Å². The van der Waals surface area contributed by atoms with Gasteiger partial charge in [0.15, 0.2) is 0 Å². The lowest BCUT2D eigenvalue weighted by Gasteiger charge is -2.02. The van der Waals surface area contributed by atoms with Crippen molar-refractivity contribution in [3.8, 4) is 5.95 Å². The van der Waals surface area contributed by atoms with Gasteiger partial charge >= 0.3 is 0 Å². The second-order valence-corrected chi connectivity index (χ2v) is 5.25. The molecule has 0 radical (unpaired) electrons. The molecule has 1 aromatic carbocycles. The maximum absolute atomic E-state index is 12.6. The van der Waals surface area contributed by atoms with Crippen molar-refractivity contribution in [2.45, 2.75) is 13.8 Å². The van der Waals surface area contributed by atoms with E-state index in [1.54, 1.807) is 6.20 Å². The summed E-state index contributed by atoms with van der Waals surface area (Å²) in [7, 11) is 0. The Labute approximate surface area is 132 Å². The number of aromatic nitrogens is 4. The highest BCUT2D eigenvalue weighted by Crippen LogP contribution is 2.04. The molecule has 2 aromatic heterocycles. The fourth-order valence-corrected chi connectivity index (χ4v) is 2.28. The van der Waals surface area contributed by atoms with E-state index in [4.69, 9.17) is 0 Å². The minimum atomic E-state index is -0.247. The summed E-state index contributed by atoms with van der Waals surface area (Å²) in [6.45, 7) is 7.61. The van der Waals surface area contributed by atoms with Gasteiger partial charge in [-0.2, -0.15) is 4.68 Å². The molecule has 0 aliphatic carbocycles. The van der Waals surface area contributed by atoms with Crippen molar-refractivity contribution in [3.63, 3.8) is 0 Å². The molecule has 0 bridgehead atoms. The largest absolute Gasteiger partial charge is 0.361 e. The van der Waals surface area contributed by atoms with Gasteiger partial charge in [0.2, 0.25) is 0 Å². The van der Waals surface area contributed by atoms with E-state index in [0.29, 0.717) is 16.5 Å². The lowest BCUT2D eigenvalue weighted by Crippen LogP contribution is -2.35. The molecule has 23 heavy (non-hydrogen) atoms. The van der Waals surface area contributed by atoms with Gasteiger partial charge in [0, 0.05) is 23.3 Å². The maximum atomic E-state index is 12.6. The van der Waals surface area contributed by atoms with Crippen LogP contribution in [0.5, 0.6) is 0 Å². The number of rotatable bonds is 3. The highest BCUT2D eigenvalue weighted by atomic mass is 16.1. The Kier molecular flexibility index (Phi) is 3.80. The molecule has 0 saturated carbocycles. The second-order valence-electron chi connectivity index (χ2n) is 5.25. The van der Waals surface area contributed by atoms with Gasteiger partial charge in [-0.3, -0.25) is 9.89 Å². The number of hydrogen-bond acceptors (Lipinski definition) is 4. The monoisotopic (exact) mass is 307 g/mol. The first-order valence-corrected chi connectivity index (χ1v) is 7.19. The number of para-hydroxylation sites is 1. The molecule has 2 N–H and O–H groups in total. The molecule has 2 heterocycles. The molecule has 0 unspecified atom stereocenters. The smallest absolute Gasteiger partial charge is 0.283 e. The lowest BCUT2D eigenvalue weighted by molar-refractivity contribution is 0.764. The summed E-state index contributed by atoms with van der Waals surface area (Å²) in [6.07, 6.45) is 1.63. The summed E-state index contributed by atoms with van der Waals surface area (Å²) >= 11 is 0. The van der Waals surface area contributed by atoms with Crippen molar-refractivity contribution in [3.05, 3.63) is 68.7 Å². The first-order valence-electron chi connectivity index (χ1n) is 7.19. The number of hydrogen-bond donors (Lipinski definition) is 2. The summed E-state index contributed by atoms with van der Waals surface area (Å²) in [5.74, 6) is 0.316. The van der Waals surface area contributed by atoms with Gasteiger partial charge in [-0.25, -0.2) is 9.97 Å². The second kappa shape index (κ2) is 5.92. The Morgan fingerprint density at radius 1 is 1.17 bits per heavy atom. The van der Waals surface area contributed by atoms with Gasteiger partial charge in [-0.05, 0) is 32.0 Å². The van der Waals surface area contributed by atoms with E-state index in [2.05, 4.69) is 27.0 Å². The third kappa shape index (κ3) is 3.06. The van der Waals surface area contributed by atoms with Gasteiger partial charge in [0.05, 0.1) is 10.6 Å². The van der Waals surface area contributed by atoms with Crippen LogP contribution >= 0.6 is 0 Å². The molecule has 3 rings (SSSR count). The van der Waals surface area contributed by atoms with Crippen molar-refractivity contribution in [1.82, 2.24) is 19.7 Å². The third-order valence-corrected chi connectivity index (χ3v) is 3.33. The highest BCUT2D eigenvalue weighted by molar-refractivity contribution is 5.53. The molecular formula is C17H17N5O. The van der Waals surface area contributed by atoms with Crippen LogP contribution < -0.4 is 21.4 Å². The van der Waals surface area contributed by atoms with E-state index in [1.165, 1.54) is 4.68 Å². The summed E-state index contributed by atoms with van der Waals surface area (Å²) in [5.41, 5.74) is 2.24. The number of aromatic amines is 1. The maximum Gasteiger partial charge on any atom is 0.283 e. The Bertz CT molecular complexity index is 981. The molecule has 0 aliphatic heterocycles. The molecule has 0 atom stereocenters. The van der Waals surface area contributed by atoms with Crippen LogP contribution in [-0.2, 0) is 0 Å². The van der Waals surface area contributed by atoms with Crippen LogP contribution in [0.2, 0.25) is 0 Å². The summed E-state index contributed by atoms with van der Waals surface area (Å²) in [5, 5.41) is 6.95. The summed E-state index contributed by atoms with van der Waals surface area (Å²) in [6, 6.07) is 11.4. The minimum absolute atomic E-state index is 0.247. The molecule has 0 saturated heterocycles. The Balaban J connectivity index is 2.06. The number of H-pyrrole nitrogens is 1. The Hall–Kier alpha value is -3.15. The first-order chi connectivity index (χ1) is 11.0. The average molecular weight is 307 g/mol. The third-order valence-electron chi connectivity index (χ3n) is 3.33. The predicted octanol–water partition coefficient (Wildman–Crippen LogP) is 0.833. The van der Waals surface area contributed by atoms with E-state index in [-0.39, 0.29) is 5.56 Å². The average Bonchev–Trinajstić information content (AvgIpc) is 2.80. The lowest BCUT2D eigenvalue weighted by atomic mass is 10.3. The molecule has 116 valence electrons. The van der Waals surface area contributed by atoms with Crippen LogP contribution in [-0.4, -0.2) is 19.7 Å². The number of nitrogens with zero attached hydrogens (tertiary/aromatic N) is 3. The fourth-order valence-electron chi connectivity index (χ4n) is 2.28. The van der Waals surface area contributed by atoms with Crippen LogP contribution in [0.4, 0.5) is 5.69 Å². The van der Waals surface area contributed by atoms with E-state index < -0.39 is 0 Å². The van der Waals surface area contributed by atoms with Gasteiger partial charge in [-0.15, -0.1) is 0 Å². The van der Waals surface area contributed by atoms with Crippen LogP contribution in [0.25, 0.3) is 18.7 Å². The van der Waals surface area contributed by atoms with Gasteiger partial charge in [-0.1, -0.05) is 24.8 Å². The molecule has 0 spiro atoms. The predicted molar refractivity (Wildman–Crippen MR) is 90.8 cm³/mol. The summed E-state index contributed by atoms with van der Waals surface area (Å²) < 4.78 is 1.31. The fraction of sp³-hybridized carbons (Fsp3) is 0.118. The number of nitrogens with one attached hydrogen (secondary N) is 2. The Morgan fingerprint density at radius 2 is 1.83 bits per heavy atom. The Morgan fingerprint density at radius 3 is 2.48 bits per heavy atom. The molecule has 0 aliphatic rings. The number of anilines is 1. The van der Waals surface area contributed by atoms with Crippen LogP contribution in [0.1, 0.15) is 11.4 Å². The van der Waals surface area contributed by atoms with E-state index >= 15 is 0 Å². The molecule has 0 amide bonds. The first kappa shape index (κ1) is 14.8. The zero-order valence-electron chi connectivity index (χ0n) is 13.0. The molecule has 6 heteroatoms. The molecular weight excluding hydrogens is 290 g/mol. The standard InChI is InChI=1S/C17H17N5O/c1-11-9-12(2)20-17(19-11)22-16(23)15(13(3)21-22)10-18-14-7-5-4-6-8-14/h4-10,18,21H,3H2,1-2H3/b15-10-. The molecule has 6 nitrogen and oxygen atoms in total. The van der Waals surface area contributed by atoms with Crippen molar-refractivity contribution in [2.75, 3.05) is 5.32 Å². The van der Waals surface area contributed by atoms with Crippen LogP contribution in [0, 0.1) is 13.8 Å². The van der Waals surface area contributed by atoms with Gasteiger partial charge in [0.25, 0.3) is 11.5 Å². The zero-order valence-corrected chi connectivity index (χ0v) is 13.0.